The first kappa shape index (κ1) is 25.5. The fraction of sp³-hybridized carbons (Fsp3) is 0.138. The van der Waals surface area contributed by atoms with Gasteiger partial charge in [-0.15, -0.1) is 0 Å². The number of amides is 1. The predicted octanol–water partition coefficient (Wildman–Crippen LogP) is 6.79. The zero-order chi connectivity index (χ0) is 25.5. The third kappa shape index (κ3) is 6.56. The van der Waals surface area contributed by atoms with Crippen molar-refractivity contribution < 1.29 is 13.2 Å². The van der Waals surface area contributed by atoms with Gasteiger partial charge in [0.05, 0.1) is 10.6 Å². The molecule has 0 aliphatic rings. The summed E-state index contributed by atoms with van der Waals surface area (Å²) in [5.41, 5.74) is 5.79. The topological polar surface area (TPSA) is 75.3 Å². The summed E-state index contributed by atoms with van der Waals surface area (Å²) in [4.78, 5) is 12.8. The second kappa shape index (κ2) is 11.5. The minimum Gasteiger partial charge on any atom is -0.322 e. The molecule has 0 aromatic heterocycles. The lowest BCUT2D eigenvalue weighted by molar-refractivity contribution is 0.102. The maximum atomic E-state index is 12.8. The van der Waals surface area contributed by atoms with Crippen molar-refractivity contribution in [1.29, 1.82) is 0 Å². The van der Waals surface area contributed by atoms with Crippen molar-refractivity contribution in [3.8, 4) is 0 Å². The van der Waals surface area contributed by atoms with Gasteiger partial charge in [0, 0.05) is 22.8 Å². The predicted molar refractivity (Wildman–Crippen MR) is 149 cm³/mol. The lowest BCUT2D eigenvalue weighted by Crippen LogP contribution is -2.15. The number of sulfonamides is 1. The Bertz CT molecular complexity index is 1410. The van der Waals surface area contributed by atoms with E-state index in [0.717, 1.165) is 28.2 Å². The van der Waals surface area contributed by atoms with Gasteiger partial charge in [-0.25, -0.2) is 8.42 Å². The molecule has 36 heavy (non-hydrogen) atoms. The molecule has 0 aliphatic heterocycles. The summed E-state index contributed by atoms with van der Waals surface area (Å²) < 4.78 is 28.4. The number of anilines is 2. The Labute approximate surface area is 217 Å². The number of hydrogen-bond acceptors (Lipinski definition) is 4. The van der Waals surface area contributed by atoms with Gasteiger partial charge in [-0.05, 0) is 72.5 Å². The number of carbonyl (C=O) groups is 1. The van der Waals surface area contributed by atoms with E-state index in [4.69, 9.17) is 0 Å². The van der Waals surface area contributed by atoms with Crippen molar-refractivity contribution in [2.75, 3.05) is 10.0 Å². The highest BCUT2D eigenvalue weighted by Gasteiger charge is 2.17. The average Bonchev–Trinajstić information content (AvgIpc) is 2.88. The Morgan fingerprint density at radius 2 is 1.31 bits per heavy atom. The molecule has 7 heteroatoms. The van der Waals surface area contributed by atoms with Crippen LogP contribution in [-0.2, 0) is 21.5 Å². The van der Waals surface area contributed by atoms with Crippen LogP contribution in [-0.4, -0.2) is 14.3 Å². The first-order valence-corrected chi connectivity index (χ1v) is 14.2. The Morgan fingerprint density at radius 1 is 0.722 bits per heavy atom. The van der Waals surface area contributed by atoms with Crippen molar-refractivity contribution in [3.63, 3.8) is 0 Å². The third-order valence-corrected chi connectivity index (χ3v) is 8.18. The summed E-state index contributed by atoms with van der Waals surface area (Å²) in [5, 5.41) is 2.83. The van der Waals surface area contributed by atoms with Crippen LogP contribution in [0.25, 0.3) is 0 Å². The highest BCUT2D eigenvalue weighted by Crippen LogP contribution is 2.24. The van der Waals surface area contributed by atoms with Gasteiger partial charge < -0.3 is 5.32 Å². The SMILES string of the molecule is Cc1cccc(C)c1NS(=O)(=O)c1ccc(NC(=O)c2ccc(CSCc3ccccc3)cc2)cc1. The summed E-state index contributed by atoms with van der Waals surface area (Å²) in [6.07, 6.45) is 0. The Kier molecular flexibility index (Phi) is 8.13. The van der Waals surface area contributed by atoms with E-state index in [1.54, 1.807) is 24.3 Å². The van der Waals surface area contributed by atoms with Crippen molar-refractivity contribution in [3.05, 3.63) is 125 Å². The lowest BCUT2D eigenvalue weighted by Gasteiger charge is -2.13. The van der Waals surface area contributed by atoms with E-state index < -0.39 is 10.0 Å². The fourth-order valence-corrected chi connectivity index (χ4v) is 5.86. The standard InChI is InChI=1S/C29H28N2O3S2/c1-21-7-6-8-22(2)28(21)31-36(33,34)27-17-15-26(16-18-27)30-29(32)25-13-11-24(12-14-25)20-35-19-23-9-4-3-5-10-23/h3-18,31H,19-20H2,1-2H3,(H,30,32). The van der Waals surface area contributed by atoms with Crippen LogP contribution in [0.3, 0.4) is 0 Å². The molecule has 1 amide bonds. The molecular weight excluding hydrogens is 488 g/mol. The number of rotatable bonds is 9. The van der Waals surface area contributed by atoms with Gasteiger partial charge in [-0.1, -0.05) is 60.7 Å². The molecule has 0 bridgehead atoms. The summed E-state index contributed by atoms with van der Waals surface area (Å²) in [6.45, 7) is 3.72. The summed E-state index contributed by atoms with van der Waals surface area (Å²) in [5.74, 6) is 1.56. The van der Waals surface area contributed by atoms with E-state index in [0.29, 0.717) is 16.9 Å². The van der Waals surface area contributed by atoms with Crippen LogP contribution in [0.15, 0.2) is 102 Å². The summed E-state index contributed by atoms with van der Waals surface area (Å²) in [7, 11) is -3.75. The number of nitrogens with one attached hydrogen (secondary N) is 2. The van der Waals surface area contributed by atoms with Gasteiger partial charge in [-0.3, -0.25) is 9.52 Å². The van der Waals surface area contributed by atoms with Crippen LogP contribution in [0, 0.1) is 13.8 Å². The molecule has 0 spiro atoms. The molecule has 0 heterocycles. The van der Waals surface area contributed by atoms with Crippen LogP contribution < -0.4 is 10.0 Å². The van der Waals surface area contributed by atoms with Gasteiger partial charge in [0.15, 0.2) is 0 Å². The van der Waals surface area contributed by atoms with E-state index in [1.807, 2.05) is 74.1 Å². The molecule has 4 rings (SSSR count). The monoisotopic (exact) mass is 516 g/mol. The Morgan fingerprint density at radius 3 is 1.92 bits per heavy atom. The van der Waals surface area contributed by atoms with E-state index in [-0.39, 0.29) is 10.8 Å². The van der Waals surface area contributed by atoms with Gasteiger partial charge in [-0.2, -0.15) is 11.8 Å². The Balaban J connectivity index is 1.34. The number of thioether (sulfide) groups is 1. The highest BCUT2D eigenvalue weighted by molar-refractivity contribution is 7.97. The second-order valence-corrected chi connectivity index (χ2v) is 11.2. The van der Waals surface area contributed by atoms with Crippen molar-refractivity contribution in [2.45, 2.75) is 30.2 Å². The molecule has 0 radical (unpaired) electrons. The van der Waals surface area contributed by atoms with Crippen molar-refractivity contribution in [1.82, 2.24) is 0 Å². The first-order valence-electron chi connectivity index (χ1n) is 11.5. The summed E-state index contributed by atoms with van der Waals surface area (Å²) in [6, 6.07) is 29.6. The largest absolute Gasteiger partial charge is 0.322 e. The van der Waals surface area contributed by atoms with Crippen LogP contribution >= 0.6 is 11.8 Å². The molecule has 0 fully saturated rings. The van der Waals surface area contributed by atoms with E-state index in [9.17, 15) is 13.2 Å². The molecule has 4 aromatic rings. The minimum absolute atomic E-state index is 0.125. The smallest absolute Gasteiger partial charge is 0.261 e. The summed E-state index contributed by atoms with van der Waals surface area (Å²) >= 11 is 1.83. The number of aryl methyl sites for hydroxylation is 2. The number of para-hydroxylation sites is 1. The zero-order valence-corrected chi connectivity index (χ0v) is 21.8. The number of benzene rings is 4. The lowest BCUT2D eigenvalue weighted by atomic mass is 10.1. The molecule has 2 N–H and O–H groups in total. The number of carbonyl (C=O) groups excluding carboxylic acids is 1. The van der Waals surface area contributed by atoms with E-state index >= 15 is 0 Å². The quantitative estimate of drug-likeness (QED) is 0.257. The van der Waals surface area contributed by atoms with E-state index in [2.05, 4.69) is 22.2 Å². The molecule has 184 valence electrons. The van der Waals surface area contributed by atoms with Crippen LogP contribution in [0.4, 0.5) is 11.4 Å². The van der Waals surface area contributed by atoms with Crippen molar-refractivity contribution in [2.24, 2.45) is 0 Å². The van der Waals surface area contributed by atoms with Crippen LogP contribution in [0.2, 0.25) is 0 Å². The van der Waals surface area contributed by atoms with Gasteiger partial charge in [0.1, 0.15) is 0 Å². The second-order valence-electron chi connectivity index (χ2n) is 8.53. The minimum atomic E-state index is -3.75. The van der Waals surface area contributed by atoms with Crippen molar-refractivity contribution >= 4 is 39.1 Å². The average molecular weight is 517 g/mol. The van der Waals surface area contributed by atoms with E-state index in [1.165, 1.54) is 17.7 Å². The molecule has 0 saturated heterocycles. The molecule has 4 aromatic carbocycles. The van der Waals surface area contributed by atoms with Crippen LogP contribution in [0.5, 0.6) is 0 Å². The van der Waals surface area contributed by atoms with Gasteiger partial charge in [0.2, 0.25) is 0 Å². The molecule has 0 atom stereocenters. The first-order chi connectivity index (χ1) is 17.3. The molecule has 0 saturated carbocycles. The molecule has 0 unspecified atom stereocenters. The van der Waals surface area contributed by atoms with Gasteiger partial charge in [0.25, 0.3) is 15.9 Å². The molecule has 5 nitrogen and oxygen atoms in total. The number of hydrogen-bond donors (Lipinski definition) is 2. The highest BCUT2D eigenvalue weighted by atomic mass is 32.2. The zero-order valence-electron chi connectivity index (χ0n) is 20.2. The van der Waals surface area contributed by atoms with Crippen LogP contribution in [0.1, 0.15) is 32.6 Å². The third-order valence-electron chi connectivity index (χ3n) is 5.74. The maximum Gasteiger partial charge on any atom is 0.261 e. The fourth-order valence-electron chi connectivity index (χ4n) is 3.70. The normalized spacial score (nSPS) is 11.2. The molecular formula is C29H28N2O3S2. The van der Waals surface area contributed by atoms with Gasteiger partial charge >= 0.3 is 0 Å². The maximum absolute atomic E-state index is 12.8. The molecule has 0 aliphatic carbocycles. The Hall–Kier alpha value is -3.55.